The number of hydrogen-bond donors (Lipinski definition) is 0. The third-order valence-electron chi connectivity index (χ3n) is 0.954. The molecule has 0 bridgehead atoms. The summed E-state index contributed by atoms with van der Waals surface area (Å²) >= 11 is 0. The van der Waals surface area contributed by atoms with Gasteiger partial charge in [0.05, 0.1) is 0 Å². The minimum atomic E-state index is -0.205. The van der Waals surface area contributed by atoms with Crippen molar-refractivity contribution in [3.05, 3.63) is 12.7 Å². The van der Waals surface area contributed by atoms with E-state index in [1.54, 1.807) is 0 Å². The molecule has 2 nitrogen and oxygen atoms in total. The zero-order valence-corrected chi connectivity index (χ0v) is 5.76. The fraction of sp³-hybridized carbons (Fsp3) is 0.571. The molecule has 0 unspecified atom stereocenters. The van der Waals surface area contributed by atoms with Crippen molar-refractivity contribution in [2.24, 2.45) is 0 Å². The van der Waals surface area contributed by atoms with E-state index in [1.807, 2.05) is 0 Å². The Morgan fingerprint density at radius 1 is 1.78 bits per heavy atom. The van der Waals surface area contributed by atoms with Crippen LogP contribution in [0.25, 0.3) is 0 Å². The maximum atomic E-state index is 10.4. The lowest BCUT2D eigenvalue weighted by Crippen LogP contribution is -2.13. The molecule has 0 aliphatic rings. The molecule has 0 N–H and O–H groups in total. The molecule has 1 amide bonds. The maximum absolute atomic E-state index is 10.4. The second-order valence-corrected chi connectivity index (χ2v) is 1.78. The van der Waals surface area contributed by atoms with Crippen molar-refractivity contribution >= 4 is 5.91 Å². The lowest BCUT2D eigenvalue weighted by Gasteiger charge is -1.93. The summed E-state index contributed by atoms with van der Waals surface area (Å²) in [7, 11) is 0. The first-order chi connectivity index (χ1) is 4.31. The van der Waals surface area contributed by atoms with Crippen LogP contribution in [-0.2, 0) is 4.79 Å². The van der Waals surface area contributed by atoms with Gasteiger partial charge in [0.1, 0.15) is 0 Å². The van der Waals surface area contributed by atoms with Gasteiger partial charge in [0.15, 0.2) is 0 Å². The van der Waals surface area contributed by atoms with Gasteiger partial charge in [-0.25, -0.2) is 5.32 Å². The highest BCUT2D eigenvalue weighted by Gasteiger charge is 1.91. The molecule has 2 heteroatoms. The molecule has 0 aliphatic carbocycles. The molecule has 0 aromatic heterocycles. The van der Waals surface area contributed by atoms with Crippen LogP contribution in [0.15, 0.2) is 12.7 Å². The van der Waals surface area contributed by atoms with Crippen LogP contribution in [0.4, 0.5) is 0 Å². The van der Waals surface area contributed by atoms with Crippen LogP contribution >= 0.6 is 0 Å². The van der Waals surface area contributed by atoms with Gasteiger partial charge in [-0.15, -0.1) is 0 Å². The van der Waals surface area contributed by atoms with Crippen molar-refractivity contribution in [3.8, 4) is 0 Å². The van der Waals surface area contributed by atoms with Crippen molar-refractivity contribution in [2.75, 3.05) is 6.54 Å². The first-order valence-corrected chi connectivity index (χ1v) is 3.15. The molecule has 9 heavy (non-hydrogen) atoms. The largest absolute Gasteiger partial charge is 0.268 e. The Kier molecular flexibility index (Phi) is 4.88. The summed E-state index contributed by atoms with van der Waals surface area (Å²) in [6.45, 7) is 6.00. The van der Waals surface area contributed by atoms with Crippen LogP contribution in [0, 0.1) is 0 Å². The molecule has 0 spiro atoms. The number of carbonyl (C=O) groups excluding carboxylic acids is 1. The highest BCUT2D eigenvalue weighted by molar-refractivity contribution is 5.86. The molecule has 51 valence electrons. The monoisotopic (exact) mass is 126 g/mol. The molecule has 0 fully saturated rings. The van der Waals surface area contributed by atoms with Crippen LogP contribution < -0.4 is 5.32 Å². The summed E-state index contributed by atoms with van der Waals surface area (Å²) in [6, 6.07) is 0. The van der Waals surface area contributed by atoms with Gasteiger partial charge in [-0.05, 0) is 12.5 Å². The molecule has 0 saturated heterocycles. The molecule has 1 radical (unpaired) electrons. The minimum absolute atomic E-state index is 0.205. The highest BCUT2D eigenvalue weighted by atomic mass is 16.1. The fourth-order valence-electron chi connectivity index (χ4n) is 0.412. The van der Waals surface area contributed by atoms with Gasteiger partial charge in [0.25, 0.3) is 5.91 Å². The summed E-state index contributed by atoms with van der Waals surface area (Å²) in [5.41, 5.74) is 0. The fourth-order valence-corrected chi connectivity index (χ4v) is 0.412. The quantitative estimate of drug-likeness (QED) is 0.410. The third-order valence-corrected chi connectivity index (χ3v) is 0.954. The summed E-state index contributed by atoms with van der Waals surface area (Å²) < 4.78 is 0. The van der Waals surface area contributed by atoms with E-state index in [1.165, 1.54) is 6.08 Å². The van der Waals surface area contributed by atoms with Crippen LogP contribution in [-0.4, -0.2) is 12.5 Å². The predicted molar refractivity (Wildman–Crippen MR) is 37.1 cm³/mol. The van der Waals surface area contributed by atoms with Crippen molar-refractivity contribution in [1.29, 1.82) is 0 Å². The van der Waals surface area contributed by atoms with Gasteiger partial charge in [-0.2, -0.15) is 0 Å². The lowest BCUT2D eigenvalue weighted by atomic mass is 10.3. The van der Waals surface area contributed by atoms with Crippen LogP contribution in [0.1, 0.15) is 19.8 Å². The zero-order valence-electron chi connectivity index (χ0n) is 5.76. The molecule has 0 aromatic rings. The van der Waals surface area contributed by atoms with Gasteiger partial charge < -0.3 is 0 Å². The Labute approximate surface area is 56.0 Å². The molecule has 0 rings (SSSR count). The number of hydrogen-bond acceptors (Lipinski definition) is 1. The van der Waals surface area contributed by atoms with Gasteiger partial charge in [0.2, 0.25) is 0 Å². The Bertz CT molecular complexity index is 99.1. The Hall–Kier alpha value is -0.790. The summed E-state index contributed by atoms with van der Waals surface area (Å²) in [6.07, 6.45) is 3.29. The molecular weight excluding hydrogens is 114 g/mol. The number of rotatable bonds is 4. The number of unbranched alkanes of at least 4 members (excludes halogenated alkanes) is 1. The number of amides is 1. The van der Waals surface area contributed by atoms with Crippen molar-refractivity contribution < 1.29 is 4.79 Å². The average molecular weight is 126 g/mol. The van der Waals surface area contributed by atoms with E-state index < -0.39 is 0 Å². The number of nitrogens with zero attached hydrogens (tertiary/aromatic N) is 1. The van der Waals surface area contributed by atoms with Gasteiger partial charge in [0, 0.05) is 6.54 Å². The van der Waals surface area contributed by atoms with E-state index in [-0.39, 0.29) is 5.91 Å². The molecule has 0 atom stereocenters. The van der Waals surface area contributed by atoms with Crippen LogP contribution in [0.2, 0.25) is 0 Å². The average Bonchev–Trinajstić information content (AvgIpc) is 1.89. The Balaban J connectivity index is 3.07. The topological polar surface area (TPSA) is 31.2 Å². The third kappa shape index (κ3) is 5.07. The molecular formula is C7H12NO. The first kappa shape index (κ1) is 8.21. The van der Waals surface area contributed by atoms with Crippen LogP contribution in [0.5, 0.6) is 0 Å². The minimum Gasteiger partial charge on any atom is -0.268 e. The molecule has 0 saturated carbocycles. The van der Waals surface area contributed by atoms with E-state index in [0.29, 0.717) is 6.54 Å². The second-order valence-electron chi connectivity index (χ2n) is 1.78. The smallest absolute Gasteiger partial charge is 0.264 e. The molecule has 0 aliphatic heterocycles. The van der Waals surface area contributed by atoms with E-state index in [2.05, 4.69) is 18.8 Å². The Morgan fingerprint density at radius 2 is 2.44 bits per heavy atom. The first-order valence-electron chi connectivity index (χ1n) is 3.15. The normalized spacial score (nSPS) is 8.56. The van der Waals surface area contributed by atoms with E-state index in [4.69, 9.17) is 0 Å². The van der Waals surface area contributed by atoms with Gasteiger partial charge in [-0.1, -0.05) is 19.9 Å². The zero-order chi connectivity index (χ0) is 7.11. The summed E-state index contributed by atoms with van der Waals surface area (Å²) in [5, 5.41) is 3.68. The van der Waals surface area contributed by atoms with E-state index >= 15 is 0 Å². The lowest BCUT2D eigenvalue weighted by molar-refractivity contribution is -0.116. The molecule has 0 aromatic carbocycles. The number of carbonyl (C=O) groups is 1. The summed E-state index contributed by atoms with van der Waals surface area (Å²) in [4.78, 5) is 10.4. The maximum Gasteiger partial charge on any atom is 0.264 e. The predicted octanol–water partition coefficient (Wildman–Crippen LogP) is 1.10. The van der Waals surface area contributed by atoms with Crippen LogP contribution in [0.3, 0.4) is 0 Å². The van der Waals surface area contributed by atoms with E-state index in [9.17, 15) is 4.79 Å². The SMILES string of the molecule is C=CC(=O)[N]CCCC. The summed E-state index contributed by atoms with van der Waals surface area (Å²) in [5.74, 6) is -0.205. The van der Waals surface area contributed by atoms with Gasteiger partial charge in [-0.3, -0.25) is 4.79 Å². The van der Waals surface area contributed by atoms with Crippen molar-refractivity contribution in [1.82, 2.24) is 5.32 Å². The van der Waals surface area contributed by atoms with Gasteiger partial charge >= 0.3 is 0 Å². The standard InChI is InChI=1S/C7H12NO/c1-3-5-6-8-7(9)4-2/h4H,2-3,5-6H2,1H3. The van der Waals surface area contributed by atoms with Crippen molar-refractivity contribution in [2.45, 2.75) is 19.8 Å². The van der Waals surface area contributed by atoms with E-state index in [0.717, 1.165) is 12.8 Å². The highest BCUT2D eigenvalue weighted by Crippen LogP contribution is 1.83. The second kappa shape index (κ2) is 5.35. The van der Waals surface area contributed by atoms with Crippen molar-refractivity contribution in [3.63, 3.8) is 0 Å². The Morgan fingerprint density at radius 3 is 2.89 bits per heavy atom. The molecule has 0 heterocycles.